The Balaban J connectivity index is 0.00000261. The van der Waals surface area contributed by atoms with E-state index in [1.807, 2.05) is 0 Å². The number of halogens is 1. The van der Waals surface area contributed by atoms with Gasteiger partial charge in [0.05, 0.1) is 23.7 Å². The van der Waals surface area contributed by atoms with Crippen molar-refractivity contribution in [3.8, 4) is 0 Å². The van der Waals surface area contributed by atoms with Crippen LogP contribution in [0.2, 0.25) is 0 Å². The van der Waals surface area contributed by atoms with Crippen LogP contribution < -0.4 is 27.6 Å². The Morgan fingerprint density at radius 2 is 1.41 bits per heavy atom. The van der Waals surface area contributed by atoms with Crippen LogP contribution in [-0.4, -0.2) is 22.7 Å². The molecule has 1 aliphatic rings. The van der Waals surface area contributed by atoms with Crippen molar-refractivity contribution < 1.29 is 26.9 Å². The largest absolute Gasteiger partial charge is 1.00 e. The molecule has 0 radical (unpaired) electrons. The van der Waals surface area contributed by atoms with Crippen molar-refractivity contribution in [1.29, 1.82) is 0 Å². The highest BCUT2D eigenvalue weighted by Crippen LogP contribution is 2.57. The van der Waals surface area contributed by atoms with Gasteiger partial charge in [0.2, 0.25) is 0 Å². The van der Waals surface area contributed by atoms with Crippen molar-refractivity contribution in [1.82, 2.24) is 0 Å². The molecule has 0 saturated heterocycles. The maximum Gasteiger partial charge on any atom is 0.137 e. The number of Topliss-reactive ketones (excluding diaryl/α,β-unsaturated/α-hetero) is 1. The van der Waals surface area contributed by atoms with Crippen molar-refractivity contribution in [3.05, 3.63) is 60.7 Å². The minimum atomic E-state index is -1.06. The maximum atomic E-state index is 12.7. The molecule has 1 N–H and O–H groups in total. The first-order chi connectivity index (χ1) is 12.7. The molecule has 4 heteroatoms. The van der Waals surface area contributed by atoms with E-state index in [9.17, 15) is 4.79 Å². The van der Waals surface area contributed by atoms with Gasteiger partial charge in [0, 0.05) is 19.4 Å². The predicted molar refractivity (Wildman–Crippen MR) is 112 cm³/mol. The average Bonchev–Trinajstić information content (AvgIpc) is 2.69. The highest BCUT2D eigenvalue weighted by Gasteiger charge is 2.49. The molecule has 146 valence electrons. The summed E-state index contributed by atoms with van der Waals surface area (Å²) in [6.45, 7) is 0.105. The number of carbonyl (C=O) groups excluding carboxylic acids is 1. The first-order valence-corrected chi connectivity index (χ1v) is 11.4. The van der Waals surface area contributed by atoms with E-state index < -0.39 is 7.92 Å². The van der Waals surface area contributed by atoms with Gasteiger partial charge in [-0.2, -0.15) is 0 Å². The van der Waals surface area contributed by atoms with Crippen LogP contribution in [0.1, 0.15) is 51.4 Å². The lowest BCUT2D eigenvalue weighted by Gasteiger charge is -2.38. The third kappa shape index (κ3) is 5.73. The zero-order valence-corrected chi connectivity index (χ0v) is 18.5. The Morgan fingerprint density at radius 3 is 1.89 bits per heavy atom. The molecule has 0 spiro atoms. The van der Waals surface area contributed by atoms with Gasteiger partial charge in [-0.05, 0) is 56.4 Å². The summed E-state index contributed by atoms with van der Waals surface area (Å²) in [7, 11) is -1.06. The zero-order valence-electron chi connectivity index (χ0n) is 15.9. The SMILES string of the molecule is O=C(CCCO)CC1([PH+](c2ccccc2)c2ccccc2)CCCCC1.[Br-]. The Labute approximate surface area is 174 Å². The fraction of sp³-hybridized carbons (Fsp3) is 0.435. The minimum Gasteiger partial charge on any atom is -1.00 e. The molecular weight excluding hydrogens is 419 g/mol. The number of rotatable bonds is 8. The first kappa shape index (κ1) is 22.3. The molecule has 3 rings (SSSR count). The van der Waals surface area contributed by atoms with E-state index in [1.54, 1.807) is 0 Å². The summed E-state index contributed by atoms with van der Waals surface area (Å²) < 4.78 is 0. The number of aliphatic hydroxyl groups excluding tert-OH is 1. The highest BCUT2D eigenvalue weighted by atomic mass is 79.9. The summed E-state index contributed by atoms with van der Waals surface area (Å²) in [6, 6.07) is 21.7. The molecule has 2 aromatic rings. The summed E-state index contributed by atoms with van der Waals surface area (Å²) in [5.74, 6) is 0.329. The molecule has 1 fully saturated rings. The molecule has 0 heterocycles. The molecule has 0 amide bonds. The van der Waals surface area contributed by atoms with Gasteiger partial charge in [0.25, 0.3) is 0 Å². The lowest BCUT2D eigenvalue weighted by atomic mass is 9.84. The van der Waals surface area contributed by atoms with Crippen LogP contribution in [0.3, 0.4) is 0 Å². The Hall–Kier alpha value is -1.02. The molecule has 1 aliphatic carbocycles. The predicted octanol–water partition coefficient (Wildman–Crippen LogP) is 1.29. The highest BCUT2D eigenvalue weighted by molar-refractivity contribution is 7.74. The normalized spacial score (nSPS) is 15.9. The number of benzene rings is 2. The molecular formula is C23H30BrO2P. The van der Waals surface area contributed by atoms with Crippen LogP contribution in [0.25, 0.3) is 0 Å². The van der Waals surface area contributed by atoms with Crippen molar-refractivity contribution in [2.24, 2.45) is 0 Å². The fourth-order valence-corrected chi connectivity index (χ4v) is 8.31. The fourth-order valence-electron chi connectivity index (χ4n) is 4.47. The molecule has 0 unspecified atom stereocenters. The second-order valence-corrected chi connectivity index (χ2v) is 10.5. The van der Waals surface area contributed by atoms with Gasteiger partial charge in [-0.25, -0.2) is 0 Å². The van der Waals surface area contributed by atoms with Gasteiger partial charge in [0.1, 0.15) is 5.78 Å². The molecule has 27 heavy (non-hydrogen) atoms. The molecule has 0 bridgehead atoms. The van der Waals surface area contributed by atoms with E-state index in [2.05, 4.69) is 60.7 Å². The molecule has 2 aromatic carbocycles. The van der Waals surface area contributed by atoms with Crippen molar-refractivity contribution >= 4 is 24.3 Å². The van der Waals surface area contributed by atoms with E-state index in [-0.39, 0.29) is 28.7 Å². The van der Waals surface area contributed by atoms with E-state index >= 15 is 0 Å². The number of ketones is 1. The van der Waals surface area contributed by atoms with Crippen molar-refractivity contribution in [2.75, 3.05) is 6.61 Å². The van der Waals surface area contributed by atoms with Gasteiger partial charge >= 0.3 is 0 Å². The van der Waals surface area contributed by atoms with E-state index in [0.717, 1.165) is 12.8 Å². The number of aliphatic hydroxyl groups is 1. The third-order valence-corrected chi connectivity index (χ3v) is 9.17. The van der Waals surface area contributed by atoms with E-state index in [4.69, 9.17) is 5.11 Å². The second kappa shape index (κ2) is 11.1. The number of hydrogen-bond donors (Lipinski definition) is 1. The summed E-state index contributed by atoms with van der Waals surface area (Å²) in [5, 5.41) is 12.0. The average molecular weight is 449 g/mol. The molecule has 0 atom stereocenters. The smallest absolute Gasteiger partial charge is 0.137 e. The maximum absolute atomic E-state index is 12.7. The summed E-state index contributed by atoms with van der Waals surface area (Å²) in [6.07, 6.45) is 7.80. The van der Waals surface area contributed by atoms with Gasteiger partial charge in [-0.15, -0.1) is 0 Å². The minimum absolute atomic E-state index is 0. The summed E-state index contributed by atoms with van der Waals surface area (Å²) in [4.78, 5) is 12.7. The van der Waals surface area contributed by atoms with E-state index in [0.29, 0.717) is 25.0 Å². The lowest BCUT2D eigenvalue weighted by molar-refractivity contribution is -0.120. The summed E-state index contributed by atoms with van der Waals surface area (Å²) >= 11 is 0. The zero-order chi connectivity index (χ0) is 18.2. The van der Waals surface area contributed by atoms with Gasteiger partial charge in [0.15, 0.2) is 0 Å². The van der Waals surface area contributed by atoms with Gasteiger partial charge < -0.3 is 22.1 Å². The van der Waals surface area contributed by atoms with Crippen LogP contribution in [0, 0.1) is 0 Å². The van der Waals surface area contributed by atoms with Crippen LogP contribution in [0.4, 0.5) is 0 Å². The third-order valence-electron chi connectivity index (χ3n) is 5.62. The quantitative estimate of drug-likeness (QED) is 0.617. The standard InChI is InChI=1S/C23H29O2P.BrH/c24-18-10-11-20(25)19-23(16-8-3-9-17-23)26(21-12-4-1-5-13-21)22-14-6-2-7-15-22;/h1-2,4-7,12-15,24H,3,8-11,16-19H2;1H. The molecule has 0 aromatic heterocycles. The Kier molecular flexibility index (Phi) is 9.15. The Morgan fingerprint density at radius 1 is 0.889 bits per heavy atom. The van der Waals surface area contributed by atoms with Crippen LogP contribution in [0.5, 0.6) is 0 Å². The number of hydrogen-bond acceptors (Lipinski definition) is 2. The molecule has 1 saturated carbocycles. The lowest BCUT2D eigenvalue weighted by Crippen LogP contribution is -3.00. The number of carbonyl (C=O) groups is 1. The van der Waals surface area contributed by atoms with Crippen molar-refractivity contribution in [3.63, 3.8) is 0 Å². The van der Waals surface area contributed by atoms with Gasteiger partial charge in [-0.1, -0.05) is 42.8 Å². The van der Waals surface area contributed by atoms with Crippen molar-refractivity contribution in [2.45, 2.75) is 56.5 Å². The molecule has 2 nitrogen and oxygen atoms in total. The Bertz CT molecular complexity index is 645. The first-order valence-electron chi connectivity index (χ1n) is 9.86. The molecule has 0 aliphatic heterocycles. The summed E-state index contributed by atoms with van der Waals surface area (Å²) in [5.41, 5.74) is 0. The topological polar surface area (TPSA) is 37.3 Å². The monoisotopic (exact) mass is 448 g/mol. The van der Waals surface area contributed by atoms with Crippen LogP contribution in [0.15, 0.2) is 60.7 Å². The van der Waals surface area contributed by atoms with E-state index in [1.165, 1.54) is 29.9 Å². The second-order valence-electron chi connectivity index (χ2n) is 7.49. The van der Waals surface area contributed by atoms with Crippen LogP contribution in [-0.2, 0) is 4.79 Å². The van der Waals surface area contributed by atoms with Crippen LogP contribution >= 0.6 is 7.92 Å². The van der Waals surface area contributed by atoms with Gasteiger partial charge in [-0.3, -0.25) is 4.79 Å².